The zero-order valence-corrected chi connectivity index (χ0v) is 17.1. The Bertz CT molecular complexity index is 782. The number of rotatable bonds is 6. The first-order valence-corrected chi connectivity index (χ1v) is 11.5. The maximum atomic E-state index is 12.6. The summed E-state index contributed by atoms with van der Waals surface area (Å²) in [4.78, 5) is 14.9. The number of fused-ring (bicyclic) bond motifs is 1. The molecule has 148 valence electrons. The molecule has 5 nitrogen and oxygen atoms in total. The van der Waals surface area contributed by atoms with Gasteiger partial charge in [-0.05, 0) is 49.0 Å². The van der Waals surface area contributed by atoms with Crippen LogP contribution in [0.1, 0.15) is 51.5 Å². The normalized spacial score (nSPS) is 23.1. The van der Waals surface area contributed by atoms with Crippen LogP contribution in [0.3, 0.4) is 0 Å². The third-order valence-corrected chi connectivity index (χ3v) is 8.00. The Hall–Kier alpha value is -1.66. The first-order chi connectivity index (χ1) is 13.0. The van der Waals surface area contributed by atoms with Crippen molar-refractivity contribution in [2.24, 2.45) is 5.92 Å². The highest BCUT2D eigenvalue weighted by Gasteiger charge is 2.37. The molecule has 2 aliphatic rings. The lowest BCUT2D eigenvalue weighted by atomic mass is 9.85. The zero-order valence-electron chi connectivity index (χ0n) is 16.3. The number of hydrogen-bond acceptors (Lipinski definition) is 3. The molecule has 0 bridgehead atoms. The number of carbonyl (C=O) groups is 1. The van der Waals surface area contributed by atoms with E-state index in [-0.39, 0.29) is 5.91 Å². The van der Waals surface area contributed by atoms with E-state index in [1.165, 1.54) is 23.6 Å². The van der Waals surface area contributed by atoms with Gasteiger partial charge in [-0.1, -0.05) is 38.8 Å². The first-order valence-electron chi connectivity index (χ1n) is 10.1. The second kappa shape index (κ2) is 8.57. The highest BCUT2D eigenvalue weighted by Crippen LogP contribution is 2.36. The van der Waals surface area contributed by atoms with E-state index in [4.69, 9.17) is 0 Å². The monoisotopic (exact) mass is 390 g/mol. The smallest absolute Gasteiger partial charge is 0.246 e. The van der Waals surface area contributed by atoms with Crippen LogP contribution >= 0.6 is 0 Å². The Morgan fingerprint density at radius 3 is 2.44 bits per heavy atom. The van der Waals surface area contributed by atoms with Gasteiger partial charge in [0.2, 0.25) is 15.9 Å². The summed E-state index contributed by atoms with van der Waals surface area (Å²) in [5.41, 5.74) is 0.834. The number of amides is 1. The number of nitrogens with zero attached hydrogens (tertiary/aromatic N) is 2. The molecule has 1 amide bonds. The van der Waals surface area contributed by atoms with E-state index < -0.39 is 10.0 Å². The van der Waals surface area contributed by atoms with Crippen LogP contribution in [0.25, 0.3) is 6.08 Å². The standard InChI is InChI=1S/C21H30N2O3S/c1-3-22(4-2)27(25,26)19-12-9-17(10-13-19)11-14-21(24)23-16-15-18-7-5-6-8-20(18)23/h9-14,18,20H,3-8,15-16H2,1-2H3/b14-11+. The lowest BCUT2D eigenvalue weighted by Gasteiger charge is -2.31. The maximum Gasteiger partial charge on any atom is 0.246 e. The quantitative estimate of drug-likeness (QED) is 0.698. The Kier molecular flexibility index (Phi) is 6.37. The van der Waals surface area contributed by atoms with Crippen molar-refractivity contribution in [2.75, 3.05) is 19.6 Å². The van der Waals surface area contributed by atoms with Crippen molar-refractivity contribution in [1.29, 1.82) is 0 Å². The maximum absolute atomic E-state index is 12.6. The molecule has 2 fully saturated rings. The van der Waals surface area contributed by atoms with Crippen LogP contribution in [-0.4, -0.2) is 49.2 Å². The second-order valence-corrected chi connectivity index (χ2v) is 9.36. The second-order valence-electron chi connectivity index (χ2n) is 7.42. The molecule has 0 radical (unpaired) electrons. The molecular weight excluding hydrogens is 360 g/mol. The molecule has 1 aliphatic heterocycles. The number of benzene rings is 1. The molecule has 27 heavy (non-hydrogen) atoms. The lowest BCUT2D eigenvalue weighted by Crippen LogP contribution is -2.38. The van der Waals surface area contributed by atoms with Gasteiger partial charge in [0.05, 0.1) is 4.90 Å². The van der Waals surface area contributed by atoms with Gasteiger partial charge in [-0.15, -0.1) is 0 Å². The van der Waals surface area contributed by atoms with E-state index in [9.17, 15) is 13.2 Å². The molecule has 1 saturated heterocycles. The zero-order chi connectivity index (χ0) is 19.4. The summed E-state index contributed by atoms with van der Waals surface area (Å²) in [5, 5.41) is 0. The largest absolute Gasteiger partial charge is 0.336 e. The van der Waals surface area contributed by atoms with Crippen LogP contribution in [0.2, 0.25) is 0 Å². The molecule has 1 aromatic carbocycles. The third-order valence-electron chi connectivity index (χ3n) is 5.93. The van der Waals surface area contributed by atoms with E-state index >= 15 is 0 Å². The summed E-state index contributed by atoms with van der Waals surface area (Å²) in [6.07, 6.45) is 9.43. The van der Waals surface area contributed by atoms with E-state index in [2.05, 4.69) is 0 Å². The Balaban J connectivity index is 1.67. The van der Waals surface area contributed by atoms with Crippen molar-refractivity contribution in [3.8, 4) is 0 Å². The first kappa shape index (κ1) is 20.1. The van der Waals surface area contributed by atoms with Crippen LogP contribution in [0.15, 0.2) is 35.2 Å². The SMILES string of the molecule is CCN(CC)S(=O)(=O)c1ccc(/C=C/C(=O)N2CCC3CCCCC32)cc1. The predicted molar refractivity (Wildman–Crippen MR) is 108 cm³/mol. The summed E-state index contributed by atoms with van der Waals surface area (Å²) >= 11 is 0. The van der Waals surface area contributed by atoms with E-state index in [0.717, 1.165) is 24.9 Å². The Labute approximate surface area is 163 Å². The van der Waals surface area contributed by atoms with Gasteiger partial charge >= 0.3 is 0 Å². The minimum Gasteiger partial charge on any atom is -0.336 e. The molecular formula is C21H30N2O3S. The fraction of sp³-hybridized carbons (Fsp3) is 0.571. The van der Waals surface area contributed by atoms with Crippen molar-refractivity contribution in [1.82, 2.24) is 9.21 Å². The highest BCUT2D eigenvalue weighted by molar-refractivity contribution is 7.89. The molecule has 2 atom stereocenters. The summed E-state index contributed by atoms with van der Waals surface area (Å²) in [7, 11) is -3.44. The van der Waals surface area contributed by atoms with Crippen molar-refractivity contribution >= 4 is 22.0 Å². The topological polar surface area (TPSA) is 57.7 Å². The van der Waals surface area contributed by atoms with Crippen LogP contribution in [0, 0.1) is 5.92 Å². The van der Waals surface area contributed by atoms with Crippen LogP contribution in [-0.2, 0) is 14.8 Å². The van der Waals surface area contributed by atoms with Crippen LogP contribution < -0.4 is 0 Å². The van der Waals surface area contributed by atoms with Gasteiger partial charge in [-0.25, -0.2) is 8.42 Å². The van der Waals surface area contributed by atoms with Gasteiger partial charge in [-0.2, -0.15) is 4.31 Å². The highest BCUT2D eigenvalue weighted by atomic mass is 32.2. The number of likely N-dealkylation sites (tertiary alicyclic amines) is 1. The third kappa shape index (κ3) is 4.27. The summed E-state index contributed by atoms with van der Waals surface area (Å²) in [6.45, 7) is 5.43. The van der Waals surface area contributed by atoms with Crippen molar-refractivity contribution in [3.63, 3.8) is 0 Å². The predicted octanol–water partition coefficient (Wildman–Crippen LogP) is 3.52. The number of sulfonamides is 1. The summed E-state index contributed by atoms with van der Waals surface area (Å²) in [6, 6.07) is 7.16. The van der Waals surface area contributed by atoms with E-state index in [1.807, 2.05) is 18.7 Å². The molecule has 6 heteroatoms. The molecule has 1 aliphatic carbocycles. The van der Waals surface area contributed by atoms with E-state index in [0.29, 0.717) is 29.9 Å². The Morgan fingerprint density at radius 2 is 1.78 bits per heavy atom. The van der Waals surface area contributed by atoms with Gasteiger partial charge in [0.25, 0.3) is 0 Å². The number of carbonyl (C=O) groups excluding carboxylic acids is 1. The van der Waals surface area contributed by atoms with Gasteiger partial charge in [-0.3, -0.25) is 4.79 Å². The molecule has 0 spiro atoms. The average Bonchev–Trinajstić information content (AvgIpc) is 3.11. The Morgan fingerprint density at radius 1 is 1.11 bits per heavy atom. The van der Waals surface area contributed by atoms with Crippen LogP contribution in [0.5, 0.6) is 0 Å². The fourth-order valence-electron chi connectivity index (χ4n) is 4.41. The van der Waals surface area contributed by atoms with Gasteiger partial charge < -0.3 is 4.90 Å². The van der Waals surface area contributed by atoms with E-state index in [1.54, 1.807) is 36.4 Å². The minimum atomic E-state index is -3.44. The average molecular weight is 391 g/mol. The van der Waals surface area contributed by atoms with Gasteiger partial charge in [0, 0.05) is 31.8 Å². The molecule has 0 N–H and O–H groups in total. The minimum absolute atomic E-state index is 0.0734. The van der Waals surface area contributed by atoms with Crippen LogP contribution in [0.4, 0.5) is 0 Å². The molecule has 3 rings (SSSR count). The molecule has 0 aromatic heterocycles. The van der Waals surface area contributed by atoms with Gasteiger partial charge in [0.15, 0.2) is 0 Å². The molecule has 1 aromatic rings. The molecule has 1 saturated carbocycles. The van der Waals surface area contributed by atoms with Crippen molar-refractivity contribution in [2.45, 2.75) is 56.9 Å². The van der Waals surface area contributed by atoms with Gasteiger partial charge in [0.1, 0.15) is 0 Å². The summed E-state index contributed by atoms with van der Waals surface area (Å²) < 4.78 is 26.5. The number of hydrogen-bond donors (Lipinski definition) is 0. The summed E-state index contributed by atoms with van der Waals surface area (Å²) in [5.74, 6) is 0.755. The fourth-order valence-corrected chi connectivity index (χ4v) is 5.86. The van der Waals surface area contributed by atoms with Crippen molar-refractivity contribution in [3.05, 3.63) is 35.9 Å². The lowest BCUT2D eigenvalue weighted by molar-refractivity contribution is -0.127. The van der Waals surface area contributed by atoms with Crippen molar-refractivity contribution < 1.29 is 13.2 Å². The molecule has 1 heterocycles. The molecule has 2 unspecified atom stereocenters.